The molecule has 0 saturated carbocycles. The maximum absolute atomic E-state index is 12.9. The van der Waals surface area contributed by atoms with Crippen LogP contribution in [0, 0.1) is 0 Å². The van der Waals surface area contributed by atoms with Gasteiger partial charge in [0.1, 0.15) is 29.0 Å². The summed E-state index contributed by atoms with van der Waals surface area (Å²) in [5.41, 5.74) is 2.38. The van der Waals surface area contributed by atoms with Crippen molar-refractivity contribution in [1.29, 1.82) is 0 Å². The smallest absolute Gasteiger partial charge is 0.266 e. The van der Waals surface area contributed by atoms with Crippen LogP contribution in [0.5, 0.6) is 11.5 Å². The first kappa shape index (κ1) is 22.6. The molecular formula is C25H20N2O4S2. The summed E-state index contributed by atoms with van der Waals surface area (Å²) in [5.74, 6) is 0.0944. The summed E-state index contributed by atoms with van der Waals surface area (Å²) in [6.45, 7) is 0.256. The summed E-state index contributed by atoms with van der Waals surface area (Å²) in [5, 5.41) is 12.0. The van der Waals surface area contributed by atoms with Gasteiger partial charge >= 0.3 is 0 Å². The minimum atomic E-state index is -0.380. The molecule has 0 unspecified atom stereocenters. The van der Waals surface area contributed by atoms with Crippen LogP contribution in [-0.2, 0) is 16.2 Å². The number of rotatable bonds is 7. The Labute approximate surface area is 200 Å². The van der Waals surface area contributed by atoms with E-state index >= 15 is 0 Å². The van der Waals surface area contributed by atoms with Gasteiger partial charge in [-0.2, -0.15) is 0 Å². The van der Waals surface area contributed by atoms with Gasteiger partial charge in [0.15, 0.2) is 0 Å². The quantitative estimate of drug-likeness (QED) is 0.289. The maximum atomic E-state index is 12.9. The molecule has 1 saturated heterocycles. The fourth-order valence-electron chi connectivity index (χ4n) is 3.11. The number of hydrogen-bond acceptors (Lipinski definition) is 6. The van der Waals surface area contributed by atoms with Crippen molar-refractivity contribution < 1.29 is 19.4 Å². The molecule has 6 nitrogen and oxygen atoms in total. The first-order valence-electron chi connectivity index (χ1n) is 10.1. The van der Waals surface area contributed by atoms with Crippen molar-refractivity contribution in [2.45, 2.75) is 6.61 Å². The molecular weight excluding hydrogens is 456 g/mol. The number of thioether (sulfide) groups is 1. The van der Waals surface area contributed by atoms with E-state index in [-0.39, 0.29) is 24.1 Å². The molecule has 1 aliphatic heterocycles. The average Bonchev–Trinajstić information content (AvgIpc) is 3.07. The topological polar surface area (TPSA) is 78.9 Å². The summed E-state index contributed by atoms with van der Waals surface area (Å²) in [7, 11) is 0. The molecule has 4 rings (SSSR count). The highest BCUT2D eigenvalue weighted by Gasteiger charge is 2.33. The van der Waals surface area contributed by atoms with Crippen molar-refractivity contribution >= 4 is 51.9 Å². The second-order valence-electron chi connectivity index (χ2n) is 7.21. The van der Waals surface area contributed by atoms with Crippen molar-refractivity contribution in [2.24, 2.45) is 0 Å². The summed E-state index contributed by atoms with van der Waals surface area (Å²) in [4.78, 5) is 26.9. The van der Waals surface area contributed by atoms with Gasteiger partial charge in [-0.15, -0.1) is 0 Å². The van der Waals surface area contributed by atoms with Gasteiger partial charge in [-0.25, -0.2) is 0 Å². The SMILES string of the molecule is O=C(CN1C(=O)/C(=C/c2cccc(OCc3ccccc3)c2)SC1=S)Nc1ccc(O)cc1. The second kappa shape index (κ2) is 10.3. The molecule has 2 amide bonds. The van der Waals surface area contributed by atoms with Crippen molar-refractivity contribution in [3.8, 4) is 11.5 Å². The Morgan fingerprint density at radius 1 is 1.06 bits per heavy atom. The number of ether oxygens (including phenoxy) is 1. The highest BCUT2D eigenvalue weighted by Crippen LogP contribution is 2.33. The van der Waals surface area contributed by atoms with Crippen LogP contribution in [-0.4, -0.2) is 32.7 Å². The lowest BCUT2D eigenvalue weighted by Gasteiger charge is -2.14. The molecule has 1 fully saturated rings. The lowest BCUT2D eigenvalue weighted by Crippen LogP contribution is -2.36. The molecule has 0 bridgehead atoms. The molecule has 0 spiro atoms. The van der Waals surface area contributed by atoms with E-state index < -0.39 is 0 Å². The van der Waals surface area contributed by atoms with E-state index in [9.17, 15) is 14.7 Å². The lowest BCUT2D eigenvalue weighted by atomic mass is 10.2. The molecule has 2 N–H and O–H groups in total. The van der Waals surface area contributed by atoms with Gasteiger partial charge in [0.2, 0.25) is 5.91 Å². The van der Waals surface area contributed by atoms with E-state index in [0.29, 0.717) is 27.3 Å². The van der Waals surface area contributed by atoms with Gasteiger partial charge in [-0.3, -0.25) is 14.5 Å². The number of nitrogens with zero attached hydrogens (tertiary/aromatic N) is 1. The Kier molecular flexibility index (Phi) is 7.07. The lowest BCUT2D eigenvalue weighted by molar-refractivity contribution is -0.126. The van der Waals surface area contributed by atoms with Crippen LogP contribution in [0.3, 0.4) is 0 Å². The van der Waals surface area contributed by atoms with E-state index in [0.717, 1.165) is 22.9 Å². The molecule has 3 aromatic carbocycles. The fourth-order valence-corrected chi connectivity index (χ4v) is 4.37. The third-order valence-electron chi connectivity index (χ3n) is 4.73. The molecule has 3 aromatic rings. The molecule has 1 aliphatic rings. The van der Waals surface area contributed by atoms with Crippen LogP contribution in [0.4, 0.5) is 5.69 Å². The zero-order valence-corrected chi connectivity index (χ0v) is 19.1. The molecule has 8 heteroatoms. The van der Waals surface area contributed by atoms with E-state index in [2.05, 4.69) is 5.32 Å². The number of hydrogen-bond donors (Lipinski definition) is 2. The van der Waals surface area contributed by atoms with E-state index in [1.807, 2.05) is 54.6 Å². The number of benzene rings is 3. The Balaban J connectivity index is 1.39. The van der Waals surface area contributed by atoms with E-state index in [1.165, 1.54) is 17.0 Å². The van der Waals surface area contributed by atoms with Gasteiger partial charge in [-0.1, -0.05) is 66.4 Å². The van der Waals surface area contributed by atoms with Gasteiger partial charge in [0.25, 0.3) is 5.91 Å². The molecule has 166 valence electrons. The number of thiocarbonyl (C=S) groups is 1. The van der Waals surface area contributed by atoms with Crippen LogP contribution >= 0.6 is 24.0 Å². The molecule has 1 heterocycles. The summed E-state index contributed by atoms with van der Waals surface area (Å²) in [6.07, 6.45) is 1.74. The zero-order valence-electron chi connectivity index (χ0n) is 17.4. The van der Waals surface area contributed by atoms with Gasteiger partial charge in [0.05, 0.1) is 4.91 Å². The predicted octanol–water partition coefficient (Wildman–Crippen LogP) is 4.81. The highest BCUT2D eigenvalue weighted by molar-refractivity contribution is 8.26. The Morgan fingerprint density at radius 2 is 1.82 bits per heavy atom. The van der Waals surface area contributed by atoms with E-state index in [4.69, 9.17) is 17.0 Å². The predicted molar refractivity (Wildman–Crippen MR) is 134 cm³/mol. The van der Waals surface area contributed by atoms with Crippen molar-refractivity contribution in [3.63, 3.8) is 0 Å². The van der Waals surface area contributed by atoms with Crippen molar-refractivity contribution in [3.05, 3.63) is 94.9 Å². The number of carbonyl (C=O) groups is 2. The maximum Gasteiger partial charge on any atom is 0.266 e. The highest BCUT2D eigenvalue weighted by atomic mass is 32.2. The Morgan fingerprint density at radius 3 is 2.58 bits per heavy atom. The van der Waals surface area contributed by atoms with E-state index in [1.54, 1.807) is 18.2 Å². The van der Waals surface area contributed by atoms with Crippen molar-refractivity contribution in [2.75, 3.05) is 11.9 Å². The Hall–Kier alpha value is -3.62. The van der Waals surface area contributed by atoms with Gasteiger partial charge in [0, 0.05) is 5.69 Å². The average molecular weight is 477 g/mol. The molecule has 0 atom stereocenters. The molecule has 33 heavy (non-hydrogen) atoms. The van der Waals surface area contributed by atoms with Crippen LogP contribution in [0.15, 0.2) is 83.8 Å². The second-order valence-corrected chi connectivity index (χ2v) is 8.89. The van der Waals surface area contributed by atoms with Crippen LogP contribution < -0.4 is 10.1 Å². The van der Waals surface area contributed by atoms with Gasteiger partial charge < -0.3 is 15.2 Å². The number of carbonyl (C=O) groups excluding carboxylic acids is 2. The summed E-state index contributed by atoms with van der Waals surface area (Å²) in [6, 6.07) is 23.4. The molecule has 0 radical (unpaired) electrons. The third kappa shape index (κ3) is 6.00. The molecule has 0 aromatic heterocycles. The fraction of sp³-hybridized carbons (Fsp3) is 0.0800. The number of nitrogens with one attached hydrogen (secondary N) is 1. The zero-order chi connectivity index (χ0) is 23.2. The van der Waals surface area contributed by atoms with Crippen LogP contribution in [0.2, 0.25) is 0 Å². The number of anilines is 1. The third-order valence-corrected chi connectivity index (χ3v) is 6.11. The number of phenols is 1. The standard InChI is InChI=1S/C25H20N2O4S2/c28-20-11-9-19(10-12-20)26-23(29)15-27-24(30)22(33-25(27)32)14-18-7-4-8-21(13-18)31-16-17-5-2-1-3-6-17/h1-14,28H,15-16H2,(H,26,29)/b22-14-. The number of amides is 2. The normalized spacial score (nSPS) is 14.5. The minimum Gasteiger partial charge on any atom is -0.508 e. The number of aromatic hydroxyl groups is 1. The first-order valence-corrected chi connectivity index (χ1v) is 11.3. The minimum absolute atomic E-state index is 0.101. The van der Waals surface area contributed by atoms with Gasteiger partial charge in [-0.05, 0) is 53.6 Å². The summed E-state index contributed by atoms with van der Waals surface area (Å²) < 4.78 is 6.18. The Bertz CT molecular complexity index is 1210. The summed E-state index contributed by atoms with van der Waals surface area (Å²) >= 11 is 6.48. The van der Waals surface area contributed by atoms with Crippen LogP contribution in [0.1, 0.15) is 11.1 Å². The number of phenolic OH excluding ortho intramolecular Hbond substituents is 1. The monoisotopic (exact) mass is 476 g/mol. The molecule has 0 aliphatic carbocycles. The van der Waals surface area contributed by atoms with Crippen molar-refractivity contribution in [1.82, 2.24) is 4.90 Å². The largest absolute Gasteiger partial charge is 0.508 e. The first-order chi connectivity index (χ1) is 16.0. The van der Waals surface area contributed by atoms with Crippen LogP contribution in [0.25, 0.3) is 6.08 Å².